The van der Waals surface area contributed by atoms with Crippen LogP contribution in [0.25, 0.3) is 19.4 Å². The fourth-order valence-corrected chi connectivity index (χ4v) is 0.438. The van der Waals surface area contributed by atoms with E-state index in [9.17, 15) is 0 Å². The van der Waals surface area contributed by atoms with Crippen LogP contribution in [0.3, 0.4) is 0 Å². The number of rotatable bonds is 0. The third kappa shape index (κ3) is 117. The molecule has 0 radical (unpaired) electrons. The molecule has 39 heavy (non-hydrogen) atoms. The summed E-state index contributed by atoms with van der Waals surface area (Å²) in [5, 5.41) is 12.4. The van der Waals surface area contributed by atoms with Gasteiger partial charge in [-0.15, -0.1) is 0 Å². The van der Waals surface area contributed by atoms with Gasteiger partial charge in [0.05, 0.1) is 0 Å². The Labute approximate surface area is 258 Å². The Balaban J connectivity index is -0.0000000666. The maximum Gasteiger partial charge on any atom is 2.00 e. The summed E-state index contributed by atoms with van der Waals surface area (Å²) < 4.78 is 0. The van der Waals surface area contributed by atoms with Gasteiger partial charge < -0.3 is 41.8 Å². The average Bonchev–Trinajstić information content (AvgIpc) is 2.71. The predicted octanol–water partition coefficient (Wildman–Crippen LogP) is 8.59. The van der Waals surface area contributed by atoms with Crippen molar-refractivity contribution in [1.82, 2.24) is 10.6 Å². The molecule has 0 spiro atoms. The molecular weight excluding hydrogens is 566 g/mol. The van der Waals surface area contributed by atoms with Crippen LogP contribution in [0.15, 0.2) is 0 Å². The van der Waals surface area contributed by atoms with Crippen LogP contribution < -0.4 is 10.6 Å². The zero-order valence-corrected chi connectivity index (χ0v) is 30.2. The third-order valence-electron chi connectivity index (χ3n) is 2.28. The van der Waals surface area contributed by atoms with E-state index in [0.717, 1.165) is 0 Å². The molecule has 0 aromatic rings. The first kappa shape index (κ1) is 52.7. The van der Waals surface area contributed by atoms with Crippen LogP contribution in [0.4, 0.5) is 0 Å². The molecule has 0 fully saturated rings. The van der Waals surface area contributed by atoms with E-state index in [-0.39, 0.29) is 54.3 Å². The van der Waals surface area contributed by atoms with E-state index in [1.165, 1.54) is 0 Å². The SMILES string of the molecule is CC(C)(C)NC#CNC(C)(C)C.[C-]#N.[C-]#[N+]C(C)(C)C.[C-]#[N+]C(C)(C)C.[C-]#[N+]C(C)(C)C.[C-]#[N+]C(C)(C)C.[Mo+2]. The molecule has 0 amide bonds. The summed E-state index contributed by atoms with van der Waals surface area (Å²) in [6.45, 7) is 65.8. The monoisotopic (exact) mass is 624 g/mol. The van der Waals surface area contributed by atoms with Crippen molar-refractivity contribution in [3.8, 4) is 12.1 Å². The Bertz CT molecular complexity index is 722. The topological polar surface area (TPSA) is 65.3 Å². The molecule has 0 aliphatic rings. The Morgan fingerprint density at radius 1 is 0.410 bits per heavy atom. The Morgan fingerprint density at radius 3 is 0.564 bits per heavy atom. The number of hydrogen-bond donors (Lipinski definition) is 2. The second-order valence-electron chi connectivity index (χ2n) is 14.1. The van der Waals surface area contributed by atoms with Gasteiger partial charge in [-0.1, -0.05) is 0 Å². The van der Waals surface area contributed by atoms with Crippen LogP contribution >= 0.6 is 0 Å². The number of nitrogens with one attached hydrogen (secondary N) is 2. The molecule has 0 aromatic carbocycles. The van der Waals surface area contributed by atoms with Gasteiger partial charge in [0.1, 0.15) is 0 Å². The van der Waals surface area contributed by atoms with E-state index in [1.807, 2.05) is 83.1 Å². The molecule has 7 nitrogen and oxygen atoms in total. The first-order chi connectivity index (χ1) is 16.4. The zero-order valence-electron chi connectivity index (χ0n) is 28.1. The largest absolute Gasteiger partial charge is 2.00 e. The van der Waals surface area contributed by atoms with Crippen molar-refractivity contribution in [2.24, 2.45) is 0 Å². The molecule has 0 aliphatic carbocycles. The normalized spacial score (nSPS) is 9.95. The molecule has 0 saturated heterocycles. The third-order valence-corrected chi connectivity index (χ3v) is 2.28. The Kier molecular flexibility index (Phi) is 32.9. The molecule has 220 valence electrons. The fraction of sp³-hybridized carbons (Fsp3) is 0.774. The van der Waals surface area contributed by atoms with Gasteiger partial charge in [0.15, 0.2) is 0 Å². The predicted molar refractivity (Wildman–Crippen MR) is 164 cm³/mol. The van der Waals surface area contributed by atoms with E-state index >= 15 is 0 Å². The molecule has 0 saturated carbocycles. The minimum atomic E-state index is -0.167. The zero-order chi connectivity index (χ0) is 32.7. The van der Waals surface area contributed by atoms with Crippen LogP contribution in [-0.2, 0) is 21.1 Å². The summed E-state index contributed by atoms with van der Waals surface area (Å²) in [7, 11) is 0. The van der Waals surface area contributed by atoms with Crippen molar-refractivity contribution < 1.29 is 21.1 Å². The summed E-state index contributed by atoms with van der Waals surface area (Å²) in [6, 6.07) is 5.74. The van der Waals surface area contributed by atoms with E-state index in [4.69, 9.17) is 38.1 Å². The van der Waals surface area contributed by atoms with Crippen molar-refractivity contribution in [1.29, 1.82) is 5.26 Å². The first-order valence-corrected chi connectivity index (χ1v) is 12.3. The second-order valence-corrected chi connectivity index (χ2v) is 14.1. The smallest absolute Gasteiger partial charge is 0.512 e. The summed E-state index contributed by atoms with van der Waals surface area (Å²) in [6.07, 6.45) is 0. The Hall–Kier alpha value is -2.70. The van der Waals surface area contributed by atoms with Crippen molar-refractivity contribution in [2.75, 3.05) is 0 Å². The second kappa shape index (κ2) is 24.3. The summed E-state index contributed by atoms with van der Waals surface area (Å²) in [5.74, 6) is 0. The molecule has 0 aliphatic heterocycles. The van der Waals surface area contributed by atoms with Gasteiger partial charge in [0.25, 0.3) is 0 Å². The molecule has 0 rings (SSSR count). The van der Waals surface area contributed by atoms with Gasteiger partial charge in [-0.25, -0.2) is 26.3 Å². The summed E-state index contributed by atoms with van der Waals surface area (Å²) in [4.78, 5) is 13.1. The molecule has 2 N–H and O–H groups in total. The standard InChI is InChI=1S/C10H20N2.4C5H9N.CN.Mo/c1-9(2,3)11-7-8-12-10(4,5)6;4*1-5(2,3)6-4;1-2;/h11-12H,1-6H3;4*1-3H3;;/q;;;;;-1;+2. The molecule has 0 atom stereocenters. The van der Waals surface area contributed by atoms with Crippen LogP contribution in [0.2, 0.25) is 0 Å². The van der Waals surface area contributed by atoms with Crippen molar-refractivity contribution >= 4 is 0 Å². The first-order valence-electron chi connectivity index (χ1n) is 12.3. The maximum absolute atomic E-state index is 6.48. The molecular formula is C31H56MoN7+. The van der Waals surface area contributed by atoms with Crippen molar-refractivity contribution in [3.63, 3.8) is 0 Å². The Morgan fingerprint density at radius 2 is 0.513 bits per heavy atom. The quantitative estimate of drug-likeness (QED) is 0.123. The minimum Gasteiger partial charge on any atom is -0.512 e. The van der Waals surface area contributed by atoms with Gasteiger partial charge in [-0.05, 0) is 41.5 Å². The van der Waals surface area contributed by atoms with Crippen LogP contribution in [0.5, 0.6) is 0 Å². The number of nitrogens with zero attached hydrogens (tertiary/aromatic N) is 5. The summed E-state index contributed by atoms with van der Waals surface area (Å²) >= 11 is 0. The van der Waals surface area contributed by atoms with Gasteiger partial charge in [-0.2, -0.15) is 0 Å². The van der Waals surface area contributed by atoms with E-state index < -0.39 is 0 Å². The fourth-order valence-electron chi connectivity index (χ4n) is 0.438. The molecule has 0 unspecified atom stereocenters. The molecule has 0 heterocycles. The number of hydrogen-bond acceptors (Lipinski definition) is 3. The minimum absolute atomic E-state index is 0. The maximum atomic E-state index is 6.48. The van der Waals surface area contributed by atoms with Crippen molar-refractivity contribution in [3.05, 3.63) is 52.2 Å². The molecule has 0 aromatic heterocycles. The van der Waals surface area contributed by atoms with Crippen LogP contribution in [0.1, 0.15) is 125 Å². The van der Waals surface area contributed by atoms with Gasteiger partial charge >= 0.3 is 21.1 Å². The molecule has 8 heteroatoms. The summed E-state index contributed by atoms with van der Waals surface area (Å²) in [5.41, 5.74) is -0.543. The van der Waals surface area contributed by atoms with E-state index in [0.29, 0.717) is 0 Å². The van der Waals surface area contributed by atoms with Gasteiger partial charge in [0, 0.05) is 106 Å². The average molecular weight is 623 g/mol. The van der Waals surface area contributed by atoms with E-state index in [1.54, 1.807) is 0 Å². The van der Waals surface area contributed by atoms with Gasteiger partial charge in [-0.3, -0.25) is 0 Å². The molecule has 0 bridgehead atoms. The van der Waals surface area contributed by atoms with Gasteiger partial charge in [0.2, 0.25) is 22.2 Å². The van der Waals surface area contributed by atoms with Crippen molar-refractivity contribution in [2.45, 2.75) is 158 Å². The van der Waals surface area contributed by atoms with Crippen LogP contribution in [-0.4, -0.2) is 33.2 Å². The van der Waals surface area contributed by atoms with Crippen LogP contribution in [0, 0.1) is 50.2 Å². The van der Waals surface area contributed by atoms with E-state index in [2.05, 4.69) is 83.6 Å².